The summed E-state index contributed by atoms with van der Waals surface area (Å²) in [6.45, 7) is 5.87. The van der Waals surface area contributed by atoms with Crippen LogP contribution in [0.25, 0.3) is 10.9 Å². The highest BCUT2D eigenvalue weighted by Crippen LogP contribution is 2.25. The quantitative estimate of drug-likeness (QED) is 0.637. The molecule has 3 aromatic rings. The number of hydrogen-bond acceptors (Lipinski definition) is 3. The number of carbonyl (C=O) groups is 2. The van der Waals surface area contributed by atoms with Crippen LogP contribution in [-0.2, 0) is 11.3 Å². The number of halogens is 2. The fraction of sp³-hybridized carbons (Fsp3) is 0.286. The number of hydrogen-bond donors (Lipinski definition) is 2. The van der Waals surface area contributed by atoms with Gasteiger partial charge in [-0.1, -0.05) is 68.2 Å². The Labute approximate surface area is 179 Å². The summed E-state index contributed by atoms with van der Waals surface area (Å²) in [4.78, 5) is 24.8. The van der Waals surface area contributed by atoms with E-state index in [2.05, 4.69) is 10.4 Å². The summed E-state index contributed by atoms with van der Waals surface area (Å²) < 4.78 is 1.70. The molecule has 2 aromatic carbocycles. The smallest absolute Gasteiger partial charge is 0.273 e. The van der Waals surface area contributed by atoms with Crippen molar-refractivity contribution in [1.82, 2.24) is 15.1 Å². The van der Waals surface area contributed by atoms with Gasteiger partial charge in [0.2, 0.25) is 5.91 Å². The van der Waals surface area contributed by atoms with Gasteiger partial charge in [0.25, 0.3) is 5.91 Å². The first-order valence-corrected chi connectivity index (χ1v) is 9.83. The first kappa shape index (κ1) is 21.1. The lowest BCUT2D eigenvalue weighted by Crippen LogP contribution is -2.52. The topological polar surface area (TPSA) is 90.0 Å². The van der Waals surface area contributed by atoms with Crippen molar-refractivity contribution in [1.29, 1.82) is 0 Å². The highest BCUT2D eigenvalue weighted by molar-refractivity contribution is 6.35. The lowest BCUT2D eigenvalue weighted by molar-refractivity contribution is -0.122. The summed E-state index contributed by atoms with van der Waals surface area (Å²) in [6, 6.07) is 11.8. The molecule has 0 radical (unpaired) electrons. The van der Waals surface area contributed by atoms with Crippen molar-refractivity contribution < 1.29 is 9.59 Å². The second kappa shape index (κ2) is 8.05. The largest absolute Gasteiger partial charge is 0.368 e. The number of carbonyl (C=O) groups excluding carboxylic acids is 2. The highest BCUT2D eigenvalue weighted by Gasteiger charge is 2.32. The summed E-state index contributed by atoms with van der Waals surface area (Å²) in [5.74, 6) is -1.05. The van der Waals surface area contributed by atoms with Crippen LogP contribution in [0.3, 0.4) is 0 Å². The number of amides is 2. The molecule has 0 aliphatic carbocycles. The number of rotatable bonds is 5. The van der Waals surface area contributed by atoms with Crippen LogP contribution in [-0.4, -0.2) is 27.6 Å². The molecule has 8 heteroatoms. The Hall–Kier alpha value is -2.57. The number of nitrogens with two attached hydrogens (primary N) is 1. The molecule has 0 saturated carbocycles. The number of aromatic nitrogens is 2. The van der Waals surface area contributed by atoms with Crippen LogP contribution in [0.2, 0.25) is 10.0 Å². The monoisotopic (exact) mass is 432 g/mol. The number of nitrogens with zero attached hydrogens (tertiary/aromatic N) is 2. The van der Waals surface area contributed by atoms with E-state index in [0.717, 1.165) is 11.1 Å². The molecule has 3 rings (SSSR count). The first-order valence-electron chi connectivity index (χ1n) is 9.07. The van der Waals surface area contributed by atoms with Gasteiger partial charge in [0, 0.05) is 15.4 Å². The van der Waals surface area contributed by atoms with Gasteiger partial charge in [-0.3, -0.25) is 14.3 Å². The molecule has 1 heterocycles. The number of para-hydroxylation sites is 1. The average Bonchev–Trinajstić information content (AvgIpc) is 2.99. The van der Waals surface area contributed by atoms with Crippen LogP contribution in [0.5, 0.6) is 0 Å². The third-order valence-corrected chi connectivity index (χ3v) is 5.22. The molecular formula is C21H22Cl2N4O2. The third-order valence-electron chi connectivity index (χ3n) is 4.63. The Balaban J connectivity index is 1.99. The van der Waals surface area contributed by atoms with Crippen molar-refractivity contribution in [2.24, 2.45) is 11.1 Å². The van der Waals surface area contributed by atoms with Crippen molar-refractivity contribution >= 4 is 45.9 Å². The van der Waals surface area contributed by atoms with E-state index in [-0.39, 0.29) is 5.69 Å². The molecule has 0 aliphatic rings. The maximum atomic E-state index is 13.0. The molecule has 1 aromatic heterocycles. The molecule has 1 atom stereocenters. The van der Waals surface area contributed by atoms with E-state index in [4.69, 9.17) is 28.9 Å². The van der Waals surface area contributed by atoms with Crippen molar-refractivity contribution in [3.05, 3.63) is 63.8 Å². The van der Waals surface area contributed by atoms with Crippen LogP contribution in [0, 0.1) is 5.41 Å². The summed E-state index contributed by atoms with van der Waals surface area (Å²) in [6.07, 6.45) is 0. The van der Waals surface area contributed by atoms with Crippen LogP contribution in [0.4, 0.5) is 0 Å². The van der Waals surface area contributed by atoms with Gasteiger partial charge in [0.1, 0.15) is 6.04 Å². The minimum absolute atomic E-state index is 0.223. The molecular weight excluding hydrogens is 411 g/mol. The molecule has 0 fully saturated rings. The van der Waals surface area contributed by atoms with Gasteiger partial charge in [-0.25, -0.2) is 0 Å². The zero-order chi connectivity index (χ0) is 21.3. The lowest BCUT2D eigenvalue weighted by atomic mass is 9.86. The zero-order valence-corrected chi connectivity index (χ0v) is 17.9. The van der Waals surface area contributed by atoms with Crippen molar-refractivity contribution in [2.45, 2.75) is 33.4 Å². The molecule has 29 heavy (non-hydrogen) atoms. The molecule has 0 bridgehead atoms. The Morgan fingerprint density at radius 3 is 2.48 bits per heavy atom. The van der Waals surface area contributed by atoms with Gasteiger partial charge >= 0.3 is 0 Å². The van der Waals surface area contributed by atoms with E-state index < -0.39 is 23.3 Å². The van der Waals surface area contributed by atoms with E-state index in [9.17, 15) is 9.59 Å². The molecule has 152 valence electrons. The Morgan fingerprint density at radius 2 is 1.86 bits per heavy atom. The second-order valence-corrected chi connectivity index (χ2v) is 8.78. The third kappa shape index (κ3) is 4.54. The van der Waals surface area contributed by atoms with Crippen molar-refractivity contribution in [3.63, 3.8) is 0 Å². The average molecular weight is 433 g/mol. The highest BCUT2D eigenvalue weighted by atomic mass is 35.5. The van der Waals surface area contributed by atoms with E-state index >= 15 is 0 Å². The minimum atomic E-state index is -0.829. The lowest BCUT2D eigenvalue weighted by Gasteiger charge is -2.28. The first-order chi connectivity index (χ1) is 13.6. The van der Waals surface area contributed by atoms with E-state index in [1.54, 1.807) is 16.8 Å². The standard InChI is InChI=1S/C21H22Cl2N4O2/c1-21(2,3)18(19(24)28)25-20(29)17-14-6-4-5-7-16(14)27(26-17)11-12-8-9-13(22)10-15(12)23/h4-10,18H,11H2,1-3H3,(H2,24,28)(H,25,29)/t18-/m1/s1. The molecule has 2 amide bonds. The number of nitrogens with one attached hydrogen (secondary N) is 1. The Morgan fingerprint density at radius 1 is 1.17 bits per heavy atom. The molecule has 0 spiro atoms. The Kier molecular flexibility index (Phi) is 5.87. The predicted molar refractivity (Wildman–Crippen MR) is 115 cm³/mol. The van der Waals surface area contributed by atoms with Gasteiger partial charge < -0.3 is 11.1 Å². The number of fused-ring (bicyclic) bond motifs is 1. The van der Waals surface area contributed by atoms with Crippen molar-refractivity contribution in [3.8, 4) is 0 Å². The maximum absolute atomic E-state index is 13.0. The van der Waals surface area contributed by atoms with E-state index in [0.29, 0.717) is 22.0 Å². The Bertz CT molecular complexity index is 1090. The van der Waals surface area contributed by atoms with Crippen LogP contribution in [0.15, 0.2) is 42.5 Å². The summed E-state index contributed by atoms with van der Waals surface area (Å²) >= 11 is 12.3. The fourth-order valence-electron chi connectivity index (χ4n) is 3.14. The second-order valence-electron chi connectivity index (χ2n) is 7.93. The molecule has 6 nitrogen and oxygen atoms in total. The minimum Gasteiger partial charge on any atom is -0.368 e. The summed E-state index contributed by atoms with van der Waals surface area (Å²) in [5, 5.41) is 8.97. The predicted octanol–water partition coefficient (Wildman–Crippen LogP) is 4.02. The summed E-state index contributed by atoms with van der Waals surface area (Å²) in [7, 11) is 0. The molecule has 0 saturated heterocycles. The zero-order valence-electron chi connectivity index (χ0n) is 16.4. The van der Waals surface area contributed by atoms with E-state index in [1.807, 2.05) is 51.1 Å². The van der Waals surface area contributed by atoms with E-state index in [1.165, 1.54) is 0 Å². The SMILES string of the molecule is CC(C)(C)[C@H](NC(=O)c1nn(Cc2ccc(Cl)cc2Cl)c2ccccc12)C(N)=O. The van der Waals surface area contributed by atoms with Crippen LogP contribution < -0.4 is 11.1 Å². The molecule has 0 aliphatic heterocycles. The fourth-order valence-corrected chi connectivity index (χ4v) is 3.61. The van der Waals surface area contributed by atoms with Gasteiger partial charge in [-0.15, -0.1) is 0 Å². The van der Waals surface area contributed by atoms with Gasteiger partial charge in [-0.2, -0.15) is 5.10 Å². The van der Waals surface area contributed by atoms with Gasteiger partial charge in [0.05, 0.1) is 12.1 Å². The van der Waals surface area contributed by atoms with Crippen molar-refractivity contribution in [2.75, 3.05) is 0 Å². The summed E-state index contributed by atoms with van der Waals surface area (Å²) in [5.41, 5.74) is 6.78. The van der Waals surface area contributed by atoms with Gasteiger partial charge in [-0.05, 0) is 29.2 Å². The molecule has 3 N–H and O–H groups in total. The number of benzene rings is 2. The number of primary amides is 1. The van der Waals surface area contributed by atoms with Crippen LogP contribution >= 0.6 is 23.2 Å². The maximum Gasteiger partial charge on any atom is 0.273 e. The van der Waals surface area contributed by atoms with Gasteiger partial charge in [0.15, 0.2) is 5.69 Å². The normalized spacial score (nSPS) is 12.7. The van der Waals surface area contributed by atoms with Crippen LogP contribution in [0.1, 0.15) is 36.8 Å². The molecule has 0 unspecified atom stereocenters.